The second-order valence-electron chi connectivity index (χ2n) is 6.41. The van der Waals surface area contributed by atoms with Gasteiger partial charge in [0.15, 0.2) is 5.54 Å². The molecule has 1 aliphatic rings. The number of urea groups is 1. The standard InChI is InChI=1S/C16H23N3O3S/c1-10(2)19(11(3)4)13(20)9-18-14(21)16(5,17-15(18)22)12-7-6-8-23-12/h6-8,10-11H,9H2,1-5H3,(H,17,22). The third-order valence-corrected chi connectivity index (χ3v) is 5.07. The molecule has 126 valence electrons. The summed E-state index contributed by atoms with van der Waals surface area (Å²) in [7, 11) is 0. The largest absolute Gasteiger partial charge is 0.336 e. The van der Waals surface area contributed by atoms with Gasteiger partial charge in [-0.05, 0) is 46.1 Å². The number of imide groups is 1. The monoisotopic (exact) mass is 337 g/mol. The maximum atomic E-state index is 12.7. The van der Waals surface area contributed by atoms with Crippen LogP contribution < -0.4 is 5.32 Å². The minimum atomic E-state index is -1.09. The van der Waals surface area contributed by atoms with E-state index in [0.717, 1.165) is 9.78 Å². The summed E-state index contributed by atoms with van der Waals surface area (Å²) in [6, 6.07) is 3.13. The summed E-state index contributed by atoms with van der Waals surface area (Å²) in [6.07, 6.45) is 0. The number of nitrogens with zero attached hydrogens (tertiary/aromatic N) is 2. The van der Waals surface area contributed by atoms with Crippen LogP contribution in [0.15, 0.2) is 17.5 Å². The van der Waals surface area contributed by atoms with Crippen molar-refractivity contribution < 1.29 is 14.4 Å². The van der Waals surface area contributed by atoms with E-state index in [0.29, 0.717) is 0 Å². The van der Waals surface area contributed by atoms with Crippen LogP contribution in [0.1, 0.15) is 39.5 Å². The molecule has 2 rings (SSSR count). The number of amides is 4. The summed E-state index contributed by atoms with van der Waals surface area (Å²) in [5.74, 6) is -0.611. The molecule has 0 aromatic carbocycles. The van der Waals surface area contributed by atoms with Gasteiger partial charge in [-0.3, -0.25) is 14.5 Å². The predicted octanol–water partition coefficient (Wildman–Crippen LogP) is 2.16. The lowest BCUT2D eigenvalue weighted by Gasteiger charge is -2.32. The van der Waals surface area contributed by atoms with Crippen LogP contribution in [-0.2, 0) is 15.1 Å². The molecule has 0 radical (unpaired) electrons. The van der Waals surface area contributed by atoms with Gasteiger partial charge >= 0.3 is 6.03 Å². The van der Waals surface area contributed by atoms with Crippen molar-refractivity contribution in [1.29, 1.82) is 0 Å². The molecule has 1 aliphatic heterocycles. The lowest BCUT2D eigenvalue weighted by molar-refractivity contribution is -0.141. The topological polar surface area (TPSA) is 69.7 Å². The van der Waals surface area contributed by atoms with Crippen molar-refractivity contribution in [3.05, 3.63) is 22.4 Å². The summed E-state index contributed by atoms with van der Waals surface area (Å²) in [5.41, 5.74) is -1.09. The Kier molecular flexibility index (Phi) is 4.79. The van der Waals surface area contributed by atoms with E-state index in [2.05, 4.69) is 5.32 Å². The van der Waals surface area contributed by atoms with Crippen LogP contribution in [0.25, 0.3) is 0 Å². The predicted molar refractivity (Wildman–Crippen MR) is 89.0 cm³/mol. The molecule has 23 heavy (non-hydrogen) atoms. The summed E-state index contributed by atoms with van der Waals surface area (Å²) in [6.45, 7) is 9.10. The van der Waals surface area contributed by atoms with Crippen molar-refractivity contribution in [1.82, 2.24) is 15.1 Å². The van der Waals surface area contributed by atoms with Gasteiger partial charge in [0, 0.05) is 17.0 Å². The highest BCUT2D eigenvalue weighted by atomic mass is 32.1. The molecule has 1 fully saturated rings. The number of carbonyl (C=O) groups excluding carboxylic acids is 3. The van der Waals surface area contributed by atoms with Gasteiger partial charge in [-0.2, -0.15) is 0 Å². The van der Waals surface area contributed by atoms with Crippen molar-refractivity contribution in [3.8, 4) is 0 Å². The van der Waals surface area contributed by atoms with Crippen LogP contribution in [-0.4, -0.2) is 46.3 Å². The van der Waals surface area contributed by atoms with Gasteiger partial charge in [0.2, 0.25) is 5.91 Å². The second-order valence-corrected chi connectivity index (χ2v) is 7.36. The lowest BCUT2D eigenvalue weighted by Crippen LogP contribution is -2.49. The van der Waals surface area contributed by atoms with Crippen molar-refractivity contribution in [2.24, 2.45) is 0 Å². The molecule has 1 unspecified atom stereocenters. The zero-order valence-corrected chi connectivity index (χ0v) is 14.9. The Balaban J connectivity index is 2.20. The second kappa shape index (κ2) is 6.31. The molecule has 1 atom stereocenters. The molecule has 2 heterocycles. The fourth-order valence-corrected chi connectivity index (χ4v) is 3.79. The number of rotatable bonds is 5. The Labute approximate surface area is 140 Å². The van der Waals surface area contributed by atoms with Crippen LogP contribution in [0.4, 0.5) is 4.79 Å². The van der Waals surface area contributed by atoms with Gasteiger partial charge < -0.3 is 10.2 Å². The van der Waals surface area contributed by atoms with E-state index in [4.69, 9.17) is 0 Å². The van der Waals surface area contributed by atoms with Crippen molar-refractivity contribution in [2.75, 3.05) is 6.54 Å². The number of thiophene rings is 1. The minimum absolute atomic E-state index is 0.00643. The molecule has 1 saturated heterocycles. The smallest absolute Gasteiger partial charge is 0.325 e. The first-order chi connectivity index (χ1) is 10.7. The van der Waals surface area contributed by atoms with E-state index in [1.165, 1.54) is 11.3 Å². The molecule has 1 aromatic heterocycles. The van der Waals surface area contributed by atoms with E-state index in [-0.39, 0.29) is 30.4 Å². The lowest BCUT2D eigenvalue weighted by atomic mass is 10.0. The third kappa shape index (κ3) is 3.10. The van der Waals surface area contributed by atoms with Crippen LogP contribution in [0.5, 0.6) is 0 Å². The van der Waals surface area contributed by atoms with Gasteiger partial charge in [0.1, 0.15) is 6.54 Å². The van der Waals surface area contributed by atoms with Crippen LogP contribution in [0.3, 0.4) is 0 Å². The van der Waals surface area contributed by atoms with E-state index in [9.17, 15) is 14.4 Å². The maximum absolute atomic E-state index is 12.7. The first kappa shape index (κ1) is 17.5. The molecular weight excluding hydrogens is 314 g/mol. The van der Waals surface area contributed by atoms with Crippen molar-refractivity contribution in [2.45, 2.75) is 52.2 Å². The van der Waals surface area contributed by atoms with Gasteiger partial charge in [-0.15, -0.1) is 11.3 Å². The molecular formula is C16H23N3O3S. The average Bonchev–Trinajstić information content (AvgIpc) is 3.03. The summed E-state index contributed by atoms with van der Waals surface area (Å²) in [5, 5.41) is 4.57. The van der Waals surface area contributed by atoms with E-state index < -0.39 is 11.6 Å². The van der Waals surface area contributed by atoms with Gasteiger partial charge in [0.25, 0.3) is 5.91 Å². The zero-order valence-electron chi connectivity index (χ0n) is 14.1. The minimum Gasteiger partial charge on any atom is -0.336 e. The summed E-state index contributed by atoms with van der Waals surface area (Å²) >= 11 is 1.40. The van der Waals surface area contributed by atoms with Gasteiger partial charge in [-0.1, -0.05) is 6.07 Å². The highest BCUT2D eigenvalue weighted by Gasteiger charge is 2.50. The van der Waals surface area contributed by atoms with Gasteiger partial charge in [0.05, 0.1) is 0 Å². The molecule has 0 saturated carbocycles. The Hall–Kier alpha value is -1.89. The SMILES string of the molecule is CC(C)N(C(=O)CN1C(=O)NC(C)(c2cccs2)C1=O)C(C)C. The van der Waals surface area contributed by atoms with E-state index in [1.54, 1.807) is 11.8 Å². The van der Waals surface area contributed by atoms with Gasteiger partial charge in [-0.25, -0.2) is 4.79 Å². The van der Waals surface area contributed by atoms with Crippen LogP contribution in [0.2, 0.25) is 0 Å². The fraction of sp³-hybridized carbons (Fsp3) is 0.562. The number of hydrogen-bond acceptors (Lipinski definition) is 4. The molecule has 6 nitrogen and oxygen atoms in total. The van der Waals surface area contributed by atoms with Crippen molar-refractivity contribution >= 4 is 29.2 Å². The highest BCUT2D eigenvalue weighted by molar-refractivity contribution is 7.10. The van der Waals surface area contributed by atoms with E-state index in [1.807, 2.05) is 45.2 Å². The Morgan fingerprint density at radius 3 is 2.39 bits per heavy atom. The maximum Gasteiger partial charge on any atom is 0.325 e. The Morgan fingerprint density at radius 1 is 1.30 bits per heavy atom. The summed E-state index contributed by atoms with van der Waals surface area (Å²) < 4.78 is 0. The average molecular weight is 337 g/mol. The normalized spacial score (nSPS) is 21.3. The molecule has 1 aromatic rings. The first-order valence-corrected chi connectivity index (χ1v) is 8.55. The first-order valence-electron chi connectivity index (χ1n) is 7.67. The number of hydrogen-bond donors (Lipinski definition) is 1. The van der Waals surface area contributed by atoms with Crippen LogP contribution >= 0.6 is 11.3 Å². The van der Waals surface area contributed by atoms with Crippen molar-refractivity contribution in [3.63, 3.8) is 0 Å². The molecule has 0 spiro atoms. The fourth-order valence-electron chi connectivity index (χ4n) is 2.96. The molecule has 0 aliphatic carbocycles. The molecule has 1 N–H and O–H groups in total. The molecule has 4 amide bonds. The summed E-state index contributed by atoms with van der Waals surface area (Å²) in [4.78, 5) is 40.9. The van der Waals surface area contributed by atoms with Crippen LogP contribution in [0, 0.1) is 0 Å². The molecule has 0 bridgehead atoms. The van der Waals surface area contributed by atoms with E-state index >= 15 is 0 Å². The Morgan fingerprint density at radius 2 is 1.91 bits per heavy atom. The third-order valence-electron chi connectivity index (χ3n) is 3.98. The zero-order chi connectivity index (χ0) is 17.4. The number of carbonyl (C=O) groups is 3. The Bertz CT molecular complexity index is 604. The quantitative estimate of drug-likeness (QED) is 0.837. The molecule has 7 heteroatoms. The number of nitrogens with one attached hydrogen (secondary N) is 1. The highest BCUT2D eigenvalue weighted by Crippen LogP contribution is 2.31.